The number of nitrogens with zero attached hydrogens (tertiary/aromatic N) is 2. The van der Waals surface area contributed by atoms with Crippen LogP contribution in [0.3, 0.4) is 0 Å². The molecule has 5 rings (SSSR count). The first kappa shape index (κ1) is 20.2. The van der Waals surface area contributed by atoms with Gasteiger partial charge in [0.05, 0.1) is 6.04 Å². The Hall–Kier alpha value is -3.69. The van der Waals surface area contributed by atoms with Crippen molar-refractivity contribution in [3.05, 3.63) is 65.4 Å². The van der Waals surface area contributed by atoms with E-state index in [1.165, 1.54) is 6.07 Å². The molecule has 32 heavy (non-hydrogen) atoms. The Balaban J connectivity index is 1.45. The number of nitrogens with one attached hydrogen (secondary N) is 2. The number of carbonyl (C=O) groups excluding carboxylic acids is 1. The second-order valence-electron chi connectivity index (χ2n) is 7.79. The van der Waals surface area contributed by atoms with E-state index in [-0.39, 0.29) is 24.7 Å². The third kappa shape index (κ3) is 3.72. The van der Waals surface area contributed by atoms with Gasteiger partial charge in [0, 0.05) is 18.2 Å². The highest BCUT2D eigenvalue weighted by Crippen LogP contribution is 2.45. The standard InChI is InChI=1S/C22H19F3N4O3/c1-12-3-2-4-14(7-12)26-21(30)16-10-20-27-15(9-19(22(23,24)25)29(20)28-16)13-5-6-17-18(8-13)32-11-31-17/h2-8,10,15,19,27H,9,11H2,1H3,(H,26,30)/t15-,19+/m1/s1. The summed E-state index contributed by atoms with van der Waals surface area (Å²) in [6.45, 7) is 1.95. The summed E-state index contributed by atoms with van der Waals surface area (Å²) in [5.74, 6) is 0.581. The molecule has 2 N–H and O–H groups in total. The number of hydrogen-bond donors (Lipinski definition) is 2. The molecule has 7 nitrogen and oxygen atoms in total. The maximum absolute atomic E-state index is 13.9. The highest BCUT2D eigenvalue weighted by molar-refractivity contribution is 6.03. The van der Waals surface area contributed by atoms with Crippen molar-refractivity contribution in [3.63, 3.8) is 0 Å². The molecule has 0 spiro atoms. The molecule has 3 heterocycles. The number of alkyl halides is 3. The van der Waals surface area contributed by atoms with Crippen molar-refractivity contribution < 1.29 is 27.4 Å². The van der Waals surface area contributed by atoms with Crippen LogP contribution in [0.2, 0.25) is 0 Å². The van der Waals surface area contributed by atoms with Crippen LogP contribution in [0, 0.1) is 6.92 Å². The van der Waals surface area contributed by atoms with Crippen molar-refractivity contribution in [2.24, 2.45) is 0 Å². The van der Waals surface area contributed by atoms with Crippen LogP contribution in [0.1, 0.15) is 40.1 Å². The Morgan fingerprint density at radius 3 is 2.75 bits per heavy atom. The predicted molar refractivity (Wildman–Crippen MR) is 110 cm³/mol. The summed E-state index contributed by atoms with van der Waals surface area (Å²) >= 11 is 0. The van der Waals surface area contributed by atoms with Gasteiger partial charge >= 0.3 is 6.18 Å². The number of carbonyl (C=O) groups is 1. The van der Waals surface area contributed by atoms with Crippen LogP contribution < -0.4 is 20.1 Å². The van der Waals surface area contributed by atoms with E-state index >= 15 is 0 Å². The van der Waals surface area contributed by atoms with Gasteiger partial charge in [-0.2, -0.15) is 18.3 Å². The van der Waals surface area contributed by atoms with E-state index < -0.39 is 24.2 Å². The fourth-order valence-corrected chi connectivity index (χ4v) is 3.95. The molecule has 2 aliphatic rings. The Kier molecular flexibility index (Phi) is 4.72. The molecular formula is C22H19F3N4O3. The van der Waals surface area contributed by atoms with Crippen LogP contribution in [0.15, 0.2) is 48.5 Å². The van der Waals surface area contributed by atoms with E-state index in [0.717, 1.165) is 10.2 Å². The van der Waals surface area contributed by atoms with Gasteiger partial charge in [0.15, 0.2) is 23.2 Å². The number of amides is 1. The van der Waals surface area contributed by atoms with Crippen LogP contribution in [0.4, 0.5) is 24.7 Å². The van der Waals surface area contributed by atoms with Gasteiger partial charge in [0.25, 0.3) is 5.91 Å². The molecule has 0 aliphatic carbocycles. The number of benzene rings is 2. The van der Waals surface area contributed by atoms with Crippen molar-refractivity contribution in [2.45, 2.75) is 31.6 Å². The first-order valence-corrected chi connectivity index (χ1v) is 9.98. The number of hydrogen-bond acceptors (Lipinski definition) is 5. The highest BCUT2D eigenvalue weighted by atomic mass is 19.4. The van der Waals surface area contributed by atoms with Crippen molar-refractivity contribution in [2.75, 3.05) is 17.4 Å². The average molecular weight is 444 g/mol. The molecule has 2 aliphatic heterocycles. The highest BCUT2D eigenvalue weighted by Gasteiger charge is 2.47. The third-order valence-electron chi connectivity index (χ3n) is 5.50. The average Bonchev–Trinajstić information content (AvgIpc) is 3.38. The molecule has 1 amide bonds. The number of fused-ring (bicyclic) bond motifs is 2. The molecule has 0 radical (unpaired) electrons. The Morgan fingerprint density at radius 1 is 1.16 bits per heavy atom. The van der Waals surface area contributed by atoms with Gasteiger partial charge in [0.1, 0.15) is 5.82 Å². The van der Waals surface area contributed by atoms with E-state index in [1.807, 2.05) is 13.0 Å². The van der Waals surface area contributed by atoms with Crippen LogP contribution in [0.5, 0.6) is 11.5 Å². The summed E-state index contributed by atoms with van der Waals surface area (Å²) in [5, 5.41) is 9.74. The van der Waals surface area contributed by atoms with Gasteiger partial charge in [-0.3, -0.25) is 4.79 Å². The zero-order valence-electron chi connectivity index (χ0n) is 16.9. The largest absolute Gasteiger partial charge is 0.454 e. The van der Waals surface area contributed by atoms with Crippen molar-refractivity contribution in [3.8, 4) is 11.5 Å². The fourth-order valence-electron chi connectivity index (χ4n) is 3.95. The maximum atomic E-state index is 13.9. The molecule has 0 fully saturated rings. The molecule has 0 bridgehead atoms. The minimum absolute atomic E-state index is 0.0776. The topological polar surface area (TPSA) is 77.4 Å². The van der Waals surface area contributed by atoms with Gasteiger partial charge in [-0.25, -0.2) is 4.68 Å². The summed E-state index contributed by atoms with van der Waals surface area (Å²) in [7, 11) is 0. The molecular weight excluding hydrogens is 425 g/mol. The van der Waals surface area contributed by atoms with Crippen LogP contribution in [-0.4, -0.2) is 28.7 Å². The number of aryl methyl sites for hydroxylation is 1. The zero-order chi connectivity index (χ0) is 22.5. The summed E-state index contributed by atoms with van der Waals surface area (Å²) in [6, 6.07) is 11.0. The third-order valence-corrected chi connectivity index (χ3v) is 5.50. The molecule has 0 saturated heterocycles. The Bertz CT molecular complexity index is 1190. The lowest BCUT2D eigenvalue weighted by Gasteiger charge is -2.33. The van der Waals surface area contributed by atoms with E-state index in [9.17, 15) is 18.0 Å². The molecule has 1 aromatic heterocycles. The van der Waals surface area contributed by atoms with Gasteiger partial charge in [0.2, 0.25) is 6.79 Å². The van der Waals surface area contributed by atoms with Crippen LogP contribution >= 0.6 is 0 Å². The summed E-state index contributed by atoms with van der Waals surface area (Å²) in [5.41, 5.74) is 2.01. The lowest BCUT2D eigenvalue weighted by molar-refractivity contribution is -0.173. The molecule has 0 saturated carbocycles. The molecule has 10 heteroatoms. The monoisotopic (exact) mass is 444 g/mol. The fraction of sp³-hybridized carbons (Fsp3) is 0.273. The van der Waals surface area contributed by atoms with E-state index in [4.69, 9.17) is 9.47 Å². The van der Waals surface area contributed by atoms with Crippen molar-refractivity contribution in [1.82, 2.24) is 9.78 Å². The molecule has 3 aromatic rings. The van der Waals surface area contributed by atoms with Crippen LogP contribution in [-0.2, 0) is 0 Å². The smallest absolute Gasteiger partial charge is 0.410 e. The van der Waals surface area contributed by atoms with Crippen molar-refractivity contribution in [1.29, 1.82) is 0 Å². The summed E-state index contributed by atoms with van der Waals surface area (Å²) in [4.78, 5) is 12.7. The van der Waals surface area contributed by atoms with Gasteiger partial charge in [-0.05, 0) is 42.3 Å². The molecule has 2 aromatic carbocycles. The van der Waals surface area contributed by atoms with E-state index in [2.05, 4.69) is 15.7 Å². The van der Waals surface area contributed by atoms with Gasteiger partial charge in [-0.1, -0.05) is 18.2 Å². The number of rotatable bonds is 3. The predicted octanol–water partition coefficient (Wildman–Crippen LogP) is 4.83. The molecule has 0 unspecified atom stereocenters. The maximum Gasteiger partial charge on any atom is 0.410 e. The SMILES string of the molecule is Cc1cccc(NC(=O)c2cc3n(n2)[C@H](C(F)(F)F)C[C@H](c2ccc4c(c2)OCO4)N3)c1. The number of ether oxygens (including phenoxy) is 2. The second kappa shape index (κ2) is 7.47. The number of aromatic nitrogens is 2. The minimum atomic E-state index is -4.54. The minimum Gasteiger partial charge on any atom is -0.454 e. The zero-order valence-corrected chi connectivity index (χ0v) is 16.9. The van der Waals surface area contributed by atoms with Gasteiger partial charge < -0.3 is 20.1 Å². The van der Waals surface area contributed by atoms with Gasteiger partial charge in [-0.15, -0.1) is 0 Å². The van der Waals surface area contributed by atoms with Crippen molar-refractivity contribution >= 4 is 17.4 Å². The van der Waals surface area contributed by atoms with E-state index in [1.54, 1.807) is 36.4 Å². The first-order chi connectivity index (χ1) is 15.3. The number of anilines is 2. The normalized spacial score (nSPS) is 19.2. The van der Waals surface area contributed by atoms with E-state index in [0.29, 0.717) is 22.7 Å². The summed E-state index contributed by atoms with van der Waals surface area (Å²) in [6.07, 6.45) is -4.82. The number of halogens is 3. The first-order valence-electron chi connectivity index (χ1n) is 9.98. The molecule has 166 valence electrons. The summed E-state index contributed by atoms with van der Waals surface area (Å²) < 4.78 is 53.2. The lowest BCUT2D eigenvalue weighted by Crippen LogP contribution is -2.35. The second-order valence-corrected chi connectivity index (χ2v) is 7.79. The van der Waals surface area contributed by atoms with Crippen LogP contribution in [0.25, 0.3) is 0 Å². The molecule has 2 atom stereocenters. The lowest BCUT2D eigenvalue weighted by atomic mass is 9.96. The Morgan fingerprint density at radius 2 is 1.97 bits per heavy atom. The Labute approximate surface area is 181 Å². The quantitative estimate of drug-likeness (QED) is 0.605.